The van der Waals surface area contributed by atoms with Crippen molar-refractivity contribution in [2.45, 2.75) is 63.0 Å². The van der Waals surface area contributed by atoms with Crippen molar-refractivity contribution in [2.24, 2.45) is 16.8 Å². The van der Waals surface area contributed by atoms with Crippen LogP contribution >= 0.6 is 11.8 Å². The molecule has 1 fully saturated rings. The number of thioether (sulfide) groups is 1. The minimum atomic E-state index is -1.75. The number of β-lactam (4-membered cyclic amide) rings is 1. The van der Waals surface area contributed by atoms with E-state index in [4.69, 9.17) is 29.5 Å². The molecule has 0 aliphatic carbocycles. The van der Waals surface area contributed by atoms with Gasteiger partial charge in [0.1, 0.15) is 42.0 Å². The molecule has 79 heavy (non-hydrogen) atoms. The Hall–Kier alpha value is -9.15. The number of hydrogen-bond donors (Lipinski definition) is 3. The summed E-state index contributed by atoms with van der Waals surface area (Å²) in [7, 11) is 0. The van der Waals surface area contributed by atoms with Gasteiger partial charge in [-0.1, -0.05) is 133 Å². The van der Waals surface area contributed by atoms with E-state index in [-0.39, 0.29) is 29.3 Å². The molecule has 408 valence electrons. The zero-order valence-electron chi connectivity index (χ0n) is 43.1. The van der Waals surface area contributed by atoms with E-state index in [1.807, 2.05) is 12.1 Å². The highest BCUT2D eigenvalue weighted by Crippen LogP contribution is 2.42. The first-order valence-corrected chi connectivity index (χ1v) is 25.7. The Balaban J connectivity index is 0.987. The van der Waals surface area contributed by atoms with Crippen molar-refractivity contribution in [1.29, 1.82) is 0 Å². The lowest BCUT2D eigenvalue weighted by atomic mass is 10.00. The zero-order valence-corrected chi connectivity index (χ0v) is 44.0. The third-order valence-electron chi connectivity index (χ3n) is 12.3. The van der Waals surface area contributed by atoms with E-state index < -0.39 is 108 Å². The number of nitrogens with zero attached hydrogens (tertiary/aromatic N) is 4. The van der Waals surface area contributed by atoms with E-state index in [0.717, 1.165) is 4.90 Å². The Kier molecular flexibility index (Phi) is 17.7. The highest BCUT2D eigenvalue weighted by atomic mass is 32.2. The molecule has 0 saturated carbocycles. The van der Waals surface area contributed by atoms with Crippen LogP contribution in [0.4, 0.5) is 15.3 Å². The number of urea groups is 1. The second-order valence-electron chi connectivity index (χ2n) is 19.1. The lowest BCUT2D eigenvalue weighted by Crippen LogP contribution is -2.71. The number of rotatable bonds is 18. The first-order valence-electron chi connectivity index (χ1n) is 24.7. The average Bonchev–Trinajstić information content (AvgIpc) is 3.98. The summed E-state index contributed by atoms with van der Waals surface area (Å²) in [5.74, 6) is -1.31. The number of aliphatic imine (C=N–C) groups is 1. The first-order chi connectivity index (χ1) is 37.9. The van der Waals surface area contributed by atoms with Gasteiger partial charge in [-0.25, -0.2) is 20.4 Å². The van der Waals surface area contributed by atoms with E-state index in [1.54, 1.807) is 130 Å². The highest BCUT2D eigenvalue weighted by Gasteiger charge is 2.55. The molecular weight excluding hydrogens is 1040 g/mol. The van der Waals surface area contributed by atoms with Crippen LogP contribution in [0.25, 0.3) is 0 Å². The van der Waals surface area contributed by atoms with Crippen molar-refractivity contribution in [3.63, 3.8) is 0 Å². The molecule has 8 rings (SSSR count). The van der Waals surface area contributed by atoms with Crippen LogP contribution in [0.2, 0.25) is 0 Å². The van der Waals surface area contributed by atoms with Gasteiger partial charge in [0.25, 0.3) is 5.91 Å². The SMILES string of the molecule is CC(=O)OCC1=C(C(=O)OC(c2ccccc2)c2ccccc2)N2C(=O)[C@@H](NC(=O)[C@H](NC(=O)N3[C-]=NC(=O)C3)c3ccc(N(N)C(=O)OC[C@H](C(=O)OC(c4ccccc4)c4ccccc4)C(=O)OC(C)(C)C)cc3)[C@H]2SC1. The molecule has 0 unspecified atom stereocenters. The molecule has 22 heteroatoms. The molecule has 0 spiro atoms. The van der Waals surface area contributed by atoms with Gasteiger partial charge in [-0.05, 0) is 60.7 Å². The molecule has 4 N–H and O–H groups in total. The quantitative estimate of drug-likeness (QED) is 0.0136. The summed E-state index contributed by atoms with van der Waals surface area (Å²) in [5, 5.41) is 4.93. The highest BCUT2D eigenvalue weighted by molar-refractivity contribution is 8.00. The molecule has 21 nitrogen and oxygen atoms in total. The number of amides is 6. The predicted molar refractivity (Wildman–Crippen MR) is 285 cm³/mol. The summed E-state index contributed by atoms with van der Waals surface area (Å²) >= 11 is 1.18. The number of hydrogen-bond acceptors (Lipinski definition) is 16. The number of nitrogens with two attached hydrogens (primary N) is 1. The topological polar surface area (TPSA) is 272 Å². The minimum Gasteiger partial charge on any atom is -0.461 e. The molecule has 3 aliphatic heterocycles. The van der Waals surface area contributed by atoms with E-state index >= 15 is 0 Å². The summed E-state index contributed by atoms with van der Waals surface area (Å²) in [4.78, 5) is 127. The fraction of sp³-hybridized carbons (Fsp3) is 0.263. The van der Waals surface area contributed by atoms with Gasteiger partial charge in [0.15, 0.2) is 24.0 Å². The van der Waals surface area contributed by atoms with Crippen LogP contribution in [-0.2, 0) is 57.2 Å². The molecule has 0 aromatic heterocycles. The number of carbonyl (C=O) groups is 9. The second kappa shape index (κ2) is 24.9. The van der Waals surface area contributed by atoms with Crippen LogP contribution in [-0.4, -0.2) is 112 Å². The Bertz CT molecular complexity index is 3080. The van der Waals surface area contributed by atoms with E-state index in [2.05, 4.69) is 22.0 Å². The molecule has 4 atom stereocenters. The standard InChI is InChI=1S/C57H54N7O14S/c1-34(65)74-30-40-32-79-51-45(50(68)63(51)46(40)54(71)77-48(38-21-13-7-14-22-38)39-23-15-8-16-24-39)60-49(67)44(61-55(72)62-29-43(66)59-33-62)35-25-27-41(28-26-35)64(58)56(73)75-31-42(53(70)78-57(2,3)4)52(69)76-47(36-17-9-5-10-18-36)37-19-11-6-12-20-37/h5-28,42,44-45,47-48,51H,29-32,58H2,1-4H3,(H,60,67)(H,61,72)/q-1/t42-,44-,45-,51-/m1/s1. The smallest absolute Gasteiger partial charge is 0.428 e. The molecule has 0 radical (unpaired) electrons. The summed E-state index contributed by atoms with van der Waals surface area (Å²) in [6, 6.07) is 37.1. The summed E-state index contributed by atoms with van der Waals surface area (Å²) in [6.07, 6.45) is -0.780. The van der Waals surface area contributed by atoms with E-state index in [9.17, 15) is 43.2 Å². The molecule has 5 aromatic carbocycles. The van der Waals surface area contributed by atoms with E-state index in [1.165, 1.54) is 47.9 Å². The molecule has 3 aliphatic rings. The van der Waals surface area contributed by atoms with Crippen molar-refractivity contribution in [1.82, 2.24) is 20.4 Å². The largest absolute Gasteiger partial charge is 0.461 e. The third kappa shape index (κ3) is 13.7. The Morgan fingerprint density at radius 3 is 1.76 bits per heavy atom. The maximum absolute atomic E-state index is 14.4. The number of benzene rings is 5. The Morgan fingerprint density at radius 2 is 1.27 bits per heavy atom. The minimum absolute atomic E-state index is 0.0181. The van der Waals surface area contributed by atoms with Gasteiger partial charge in [0.2, 0.25) is 11.9 Å². The van der Waals surface area contributed by atoms with E-state index in [0.29, 0.717) is 32.8 Å². The number of ether oxygens (including phenoxy) is 5. The molecule has 3 heterocycles. The maximum Gasteiger partial charge on any atom is 0.428 e. The number of nitrogens with one attached hydrogen (secondary N) is 2. The molecule has 5 aromatic rings. The lowest BCUT2D eigenvalue weighted by molar-refractivity contribution is -0.172. The summed E-state index contributed by atoms with van der Waals surface area (Å²) in [6.45, 7) is 4.37. The van der Waals surface area contributed by atoms with Crippen molar-refractivity contribution < 1.29 is 66.8 Å². The monoisotopic (exact) mass is 1090 g/mol. The normalized spacial score (nSPS) is 16.5. The van der Waals surface area contributed by atoms with Crippen LogP contribution in [0.1, 0.15) is 73.8 Å². The van der Waals surface area contributed by atoms with Crippen LogP contribution in [0.5, 0.6) is 0 Å². The first kappa shape index (κ1) is 56.1. The molecule has 0 bridgehead atoms. The fourth-order valence-electron chi connectivity index (χ4n) is 8.44. The lowest BCUT2D eigenvalue weighted by Gasteiger charge is -2.50. The Labute approximate surface area is 458 Å². The maximum atomic E-state index is 14.4. The van der Waals surface area contributed by atoms with Gasteiger partial charge < -0.3 is 53.8 Å². The van der Waals surface area contributed by atoms with Crippen LogP contribution < -0.4 is 21.5 Å². The number of fused-ring (bicyclic) bond motifs is 1. The van der Waals surface area contributed by atoms with Crippen LogP contribution in [0.15, 0.2) is 162 Å². The van der Waals surface area contributed by atoms with Crippen molar-refractivity contribution in [2.75, 3.05) is 30.5 Å². The molecule has 1 saturated heterocycles. The van der Waals surface area contributed by atoms with Gasteiger partial charge >= 0.3 is 30.0 Å². The Morgan fingerprint density at radius 1 is 0.734 bits per heavy atom. The van der Waals surface area contributed by atoms with Gasteiger partial charge in [-0.15, -0.1) is 11.8 Å². The molecular formula is C57H54N7O14S-. The number of carbonyl (C=O) groups excluding carboxylic acids is 9. The van der Waals surface area contributed by atoms with Gasteiger partial charge in [0, 0.05) is 31.1 Å². The van der Waals surface area contributed by atoms with Gasteiger partial charge in [-0.3, -0.25) is 28.9 Å². The third-order valence-corrected chi connectivity index (χ3v) is 13.6. The van der Waals surface area contributed by atoms with Crippen molar-refractivity contribution in [3.05, 3.63) is 185 Å². The fourth-order valence-corrected chi connectivity index (χ4v) is 9.77. The van der Waals surface area contributed by atoms with Crippen LogP contribution in [0, 0.1) is 5.92 Å². The summed E-state index contributed by atoms with van der Waals surface area (Å²) in [5.41, 5.74) is 1.68. The number of hydrazine groups is 1. The van der Waals surface area contributed by atoms with Gasteiger partial charge in [0.05, 0.1) is 5.69 Å². The summed E-state index contributed by atoms with van der Waals surface area (Å²) < 4.78 is 28.3. The van der Waals surface area contributed by atoms with Crippen molar-refractivity contribution >= 4 is 77.5 Å². The van der Waals surface area contributed by atoms with Crippen LogP contribution in [0.3, 0.4) is 0 Å². The van der Waals surface area contributed by atoms with Crippen molar-refractivity contribution in [3.8, 4) is 0 Å². The van der Waals surface area contributed by atoms with Gasteiger partial charge in [-0.2, -0.15) is 0 Å². The molecule has 6 amide bonds. The number of anilines is 1. The average molecular weight is 1090 g/mol. The number of esters is 4. The zero-order chi connectivity index (χ0) is 56.4. The predicted octanol–water partition coefficient (Wildman–Crippen LogP) is 5.84. The second-order valence-corrected chi connectivity index (χ2v) is 20.2.